The minimum absolute atomic E-state index is 0.0741. The molecule has 4 nitrogen and oxygen atoms in total. The van der Waals surface area contributed by atoms with E-state index in [-0.39, 0.29) is 17.3 Å². The molecule has 122 valence electrons. The number of urea groups is 1. The van der Waals surface area contributed by atoms with Crippen molar-refractivity contribution in [2.24, 2.45) is 0 Å². The Morgan fingerprint density at radius 2 is 1.91 bits per heavy atom. The zero-order valence-electron chi connectivity index (χ0n) is 12.2. The van der Waals surface area contributed by atoms with Crippen LogP contribution in [0.15, 0.2) is 36.4 Å². The molecule has 1 unspecified atom stereocenters. The fraction of sp³-hybridized carbons (Fsp3) is 0.188. The van der Waals surface area contributed by atoms with Gasteiger partial charge in [-0.2, -0.15) is 0 Å². The van der Waals surface area contributed by atoms with Gasteiger partial charge in [-0.1, -0.05) is 41.4 Å². The molecule has 1 atom stereocenters. The van der Waals surface area contributed by atoms with Gasteiger partial charge in [-0.25, -0.2) is 13.6 Å². The van der Waals surface area contributed by atoms with E-state index in [2.05, 4.69) is 10.6 Å². The maximum atomic E-state index is 13.6. The first-order valence-electron chi connectivity index (χ1n) is 6.81. The average molecular weight is 341 g/mol. The number of anilines is 1. The lowest BCUT2D eigenvalue weighted by atomic mass is 10.1. The van der Waals surface area contributed by atoms with Crippen molar-refractivity contribution in [1.29, 1.82) is 0 Å². The van der Waals surface area contributed by atoms with E-state index >= 15 is 0 Å². The number of amides is 2. The zero-order valence-corrected chi connectivity index (χ0v) is 13.0. The quantitative estimate of drug-likeness (QED) is 0.793. The van der Waals surface area contributed by atoms with Gasteiger partial charge < -0.3 is 15.7 Å². The minimum Gasteiger partial charge on any atom is -0.387 e. The Balaban J connectivity index is 1.94. The van der Waals surface area contributed by atoms with Gasteiger partial charge in [-0.3, -0.25) is 0 Å². The lowest BCUT2D eigenvalue weighted by Gasteiger charge is -2.14. The number of nitrogens with one attached hydrogen (secondary N) is 2. The number of rotatable bonds is 4. The summed E-state index contributed by atoms with van der Waals surface area (Å²) in [5, 5.41) is 14.3. The van der Waals surface area contributed by atoms with Gasteiger partial charge >= 0.3 is 6.03 Å². The summed E-state index contributed by atoms with van der Waals surface area (Å²) in [6.45, 7) is 1.85. The number of carbonyl (C=O) groups is 1. The van der Waals surface area contributed by atoms with Gasteiger partial charge in [0.05, 0.1) is 16.8 Å². The number of aliphatic hydroxyl groups excluding tert-OH is 1. The van der Waals surface area contributed by atoms with Crippen LogP contribution in [0.25, 0.3) is 0 Å². The maximum Gasteiger partial charge on any atom is 0.319 e. The first kappa shape index (κ1) is 17.2. The molecule has 0 saturated carbocycles. The third kappa shape index (κ3) is 4.64. The lowest BCUT2D eigenvalue weighted by molar-refractivity contribution is 0.175. The SMILES string of the molecule is Cc1ccc(C(O)CNC(=O)Nc2c(F)cc(F)cc2Cl)cc1. The fourth-order valence-corrected chi connectivity index (χ4v) is 2.16. The van der Waals surface area contributed by atoms with Crippen molar-refractivity contribution >= 4 is 23.3 Å². The van der Waals surface area contributed by atoms with Crippen LogP contribution in [0.2, 0.25) is 5.02 Å². The molecule has 0 heterocycles. The summed E-state index contributed by atoms with van der Waals surface area (Å²) in [6.07, 6.45) is -0.908. The van der Waals surface area contributed by atoms with E-state index in [1.807, 2.05) is 19.1 Å². The number of hydrogen-bond donors (Lipinski definition) is 3. The number of aryl methyl sites for hydroxylation is 1. The molecule has 2 aromatic rings. The van der Waals surface area contributed by atoms with Crippen molar-refractivity contribution in [1.82, 2.24) is 5.32 Å². The number of halogens is 3. The summed E-state index contributed by atoms with van der Waals surface area (Å²) in [5.74, 6) is -1.82. The van der Waals surface area contributed by atoms with E-state index < -0.39 is 23.8 Å². The summed E-state index contributed by atoms with van der Waals surface area (Å²) in [6, 6.07) is 7.91. The second-order valence-electron chi connectivity index (χ2n) is 5.01. The monoisotopic (exact) mass is 340 g/mol. The topological polar surface area (TPSA) is 61.4 Å². The third-order valence-corrected chi connectivity index (χ3v) is 3.46. The first-order chi connectivity index (χ1) is 10.9. The zero-order chi connectivity index (χ0) is 17.0. The molecular formula is C16H15ClF2N2O2. The average Bonchev–Trinajstić information content (AvgIpc) is 2.49. The molecule has 2 amide bonds. The highest BCUT2D eigenvalue weighted by Gasteiger charge is 2.14. The normalized spacial score (nSPS) is 11.9. The van der Waals surface area contributed by atoms with Gasteiger partial charge in [-0.15, -0.1) is 0 Å². The third-order valence-electron chi connectivity index (χ3n) is 3.16. The van der Waals surface area contributed by atoms with Crippen molar-refractivity contribution in [3.63, 3.8) is 0 Å². The van der Waals surface area contributed by atoms with E-state index in [4.69, 9.17) is 11.6 Å². The molecule has 0 aliphatic heterocycles. The molecule has 0 fully saturated rings. The lowest BCUT2D eigenvalue weighted by Crippen LogP contribution is -2.32. The van der Waals surface area contributed by atoms with Crippen LogP contribution in [0.5, 0.6) is 0 Å². The van der Waals surface area contributed by atoms with Crippen LogP contribution in [0.1, 0.15) is 17.2 Å². The van der Waals surface area contributed by atoms with Crippen molar-refractivity contribution in [2.75, 3.05) is 11.9 Å². The smallest absolute Gasteiger partial charge is 0.319 e. The Morgan fingerprint density at radius 1 is 1.26 bits per heavy atom. The molecule has 3 N–H and O–H groups in total. The van der Waals surface area contributed by atoms with Crippen LogP contribution in [-0.4, -0.2) is 17.7 Å². The molecular weight excluding hydrogens is 326 g/mol. The van der Waals surface area contributed by atoms with Crippen LogP contribution in [0, 0.1) is 18.6 Å². The molecule has 0 aromatic heterocycles. The summed E-state index contributed by atoms with van der Waals surface area (Å²) >= 11 is 5.68. The van der Waals surface area contributed by atoms with Crippen LogP contribution in [0.4, 0.5) is 19.3 Å². The number of hydrogen-bond acceptors (Lipinski definition) is 2. The highest BCUT2D eigenvalue weighted by atomic mass is 35.5. The highest BCUT2D eigenvalue weighted by Crippen LogP contribution is 2.26. The van der Waals surface area contributed by atoms with E-state index in [1.54, 1.807) is 12.1 Å². The fourth-order valence-electron chi connectivity index (χ4n) is 1.92. The second-order valence-corrected chi connectivity index (χ2v) is 5.41. The Morgan fingerprint density at radius 3 is 2.52 bits per heavy atom. The van der Waals surface area contributed by atoms with Crippen LogP contribution in [-0.2, 0) is 0 Å². The maximum absolute atomic E-state index is 13.6. The molecule has 7 heteroatoms. The molecule has 23 heavy (non-hydrogen) atoms. The first-order valence-corrected chi connectivity index (χ1v) is 7.18. The van der Waals surface area contributed by atoms with E-state index in [1.165, 1.54) is 0 Å². The van der Waals surface area contributed by atoms with Crippen LogP contribution < -0.4 is 10.6 Å². The summed E-state index contributed by atoms with van der Waals surface area (Å²) in [4.78, 5) is 11.7. The molecule has 0 spiro atoms. The minimum atomic E-state index is -0.982. The Bertz CT molecular complexity index is 685. The summed E-state index contributed by atoms with van der Waals surface area (Å²) in [5.41, 5.74) is 1.37. The largest absolute Gasteiger partial charge is 0.387 e. The molecule has 0 aliphatic carbocycles. The van der Waals surface area contributed by atoms with Crippen molar-refractivity contribution < 1.29 is 18.7 Å². The van der Waals surface area contributed by atoms with Gasteiger partial charge in [-0.05, 0) is 18.6 Å². The summed E-state index contributed by atoms with van der Waals surface area (Å²) in [7, 11) is 0. The van der Waals surface area contributed by atoms with E-state index in [0.717, 1.165) is 11.6 Å². The molecule has 2 rings (SSSR count). The van der Waals surface area contributed by atoms with Crippen molar-refractivity contribution in [3.8, 4) is 0 Å². The van der Waals surface area contributed by atoms with Crippen molar-refractivity contribution in [2.45, 2.75) is 13.0 Å². The van der Waals surface area contributed by atoms with E-state index in [0.29, 0.717) is 11.6 Å². The molecule has 0 saturated heterocycles. The van der Waals surface area contributed by atoms with Crippen LogP contribution in [0.3, 0.4) is 0 Å². The second kappa shape index (κ2) is 7.39. The van der Waals surface area contributed by atoms with Gasteiger partial charge in [0.1, 0.15) is 5.82 Å². The van der Waals surface area contributed by atoms with Crippen LogP contribution >= 0.6 is 11.6 Å². The standard InChI is InChI=1S/C16H15ClF2N2O2/c1-9-2-4-10(5-3-9)14(22)8-20-16(23)21-15-12(17)6-11(18)7-13(15)19/h2-7,14,22H,8H2,1H3,(H2,20,21,23). The molecule has 0 radical (unpaired) electrons. The van der Waals surface area contributed by atoms with Gasteiger partial charge in [0.2, 0.25) is 0 Å². The Kier molecular flexibility index (Phi) is 5.52. The van der Waals surface area contributed by atoms with Gasteiger partial charge in [0.25, 0.3) is 0 Å². The molecule has 0 aliphatic rings. The number of carbonyl (C=O) groups excluding carboxylic acids is 1. The predicted molar refractivity (Wildman–Crippen MR) is 84.5 cm³/mol. The van der Waals surface area contributed by atoms with Gasteiger partial charge in [0.15, 0.2) is 5.82 Å². The molecule has 2 aromatic carbocycles. The van der Waals surface area contributed by atoms with E-state index in [9.17, 15) is 18.7 Å². The summed E-state index contributed by atoms with van der Waals surface area (Å²) < 4.78 is 26.5. The predicted octanol–water partition coefficient (Wildman–Crippen LogP) is 3.78. The number of aliphatic hydroxyl groups is 1. The highest BCUT2D eigenvalue weighted by molar-refractivity contribution is 6.33. The van der Waals surface area contributed by atoms with Gasteiger partial charge in [0, 0.05) is 12.6 Å². The molecule has 0 bridgehead atoms. The Hall–Kier alpha value is -2.18. The Labute approximate surface area is 137 Å². The number of benzene rings is 2. The van der Waals surface area contributed by atoms with Crippen molar-refractivity contribution in [3.05, 3.63) is 64.2 Å².